The first-order chi connectivity index (χ1) is 10.2. The number of hydrogen-bond acceptors (Lipinski definition) is 4. The molecule has 0 fully saturated rings. The predicted octanol–water partition coefficient (Wildman–Crippen LogP) is 2.63. The van der Waals surface area contributed by atoms with Crippen LogP contribution >= 0.6 is 0 Å². The molecular weight excluding hydrogens is 268 g/mol. The number of hydrogen-bond donors (Lipinski definition) is 1. The minimum absolute atomic E-state index is 0.225. The molecular formula is C16H12N2O3. The van der Waals surface area contributed by atoms with Crippen molar-refractivity contribution in [2.45, 2.75) is 6.61 Å². The highest BCUT2D eigenvalue weighted by atomic mass is 16.5. The third kappa shape index (κ3) is 4.18. The van der Waals surface area contributed by atoms with Gasteiger partial charge in [-0.2, -0.15) is 5.26 Å². The third-order valence-corrected chi connectivity index (χ3v) is 2.67. The zero-order valence-electron chi connectivity index (χ0n) is 11.1. The lowest BCUT2D eigenvalue weighted by atomic mass is 10.2. The molecule has 2 aromatic rings. The van der Waals surface area contributed by atoms with Crippen molar-refractivity contribution in [1.82, 2.24) is 4.98 Å². The Morgan fingerprint density at radius 1 is 1.38 bits per heavy atom. The third-order valence-electron chi connectivity index (χ3n) is 2.67. The van der Waals surface area contributed by atoms with Crippen molar-refractivity contribution in [3.8, 4) is 11.8 Å². The van der Waals surface area contributed by atoms with Crippen molar-refractivity contribution in [2.24, 2.45) is 0 Å². The van der Waals surface area contributed by atoms with Gasteiger partial charge in [-0.05, 0) is 29.8 Å². The van der Waals surface area contributed by atoms with Gasteiger partial charge >= 0.3 is 5.97 Å². The predicted molar refractivity (Wildman–Crippen MR) is 76.4 cm³/mol. The minimum Gasteiger partial charge on any atom is -0.489 e. The van der Waals surface area contributed by atoms with Crippen LogP contribution < -0.4 is 4.74 Å². The second kappa shape index (κ2) is 6.87. The van der Waals surface area contributed by atoms with Crippen molar-refractivity contribution < 1.29 is 14.6 Å². The SMILES string of the molecule is N#Cc1ncccc1COc1cccc(C=CC(=O)O)c1. The number of ether oxygens (including phenoxy) is 1. The Labute approximate surface area is 121 Å². The van der Waals surface area contributed by atoms with E-state index in [0.29, 0.717) is 17.0 Å². The molecule has 1 aromatic carbocycles. The second-order valence-electron chi connectivity index (χ2n) is 4.16. The average Bonchev–Trinajstić information content (AvgIpc) is 2.51. The Morgan fingerprint density at radius 2 is 2.24 bits per heavy atom. The van der Waals surface area contributed by atoms with Crippen LogP contribution in [0.3, 0.4) is 0 Å². The van der Waals surface area contributed by atoms with E-state index in [1.165, 1.54) is 6.08 Å². The molecule has 2 rings (SSSR count). The van der Waals surface area contributed by atoms with Crippen LogP contribution in [0.1, 0.15) is 16.8 Å². The van der Waals surface area contributed by atoms with Gasteiger partial charge in [0.25, 0.3) is 0 Å². The molecule has 0 atom stereocenters. The number of carboxylic acid groups (broad SMARTS) is 1. The highest BCUT2D eigenvalue weighted by Crippen LogP contribution is 2.16. The van der Waals surface area contributed by atoms with Crippen LogP contribution in [0.25, 0.3) is 6.08 Å². The number of pyridine rings is 1. The van der Waals surface area contributed by atoms with Crippen molar-refractivity contribution >= 4 is 12.0 Å². The first-order valence-electron chi connectivity index (χ1n) is 6.17. The molecule has 0 aliphatic carbocycles. The Hall–Kier alpha value is -3.13. The van der Waals surface area contributed by atoms with E-state index >= 15 is 0 Å². The van der Waals surface area contributed by atoms with E-state index in [9.17, 15) is 4.79 Å². The Bertz CT molecular complexity index is 717. The summed E-state index contributed by atoms with van der Waals surface area (Å²) in [5.74, 6) is -0.411. The minimum atomic E-state index is -1.00. The van der Waals surface area contributed by atoms with Gasteiger partial charge in [-0.15, -0.1) is 0 Å². The molecule has 0 aliphatic rings. The summed E-state index contributed by atoms with van der Waals surface area (Å²) in [7, 11) is 0. The summed E-state index contributed by atoms with van der Waals surface area (Å²) in [4.78, 5) is 14.4. The van der Waals surface area contributed by atoms with E-state index in [1.807, 2.05) is 6.07 Å². The first kappa shape index (κ1) is 14.3. The molecule has 0 saturated heterocycles. The molecule has 5 heteroatoms. The van der Waals surface area contributed by atoms with Crippen LogP contribution in [-0.2, 0) is 11.4 Å². The number of carboxylic acids is 1. The van der Waals surface area contributed by atoms with E-state index in [4.69, 9.17) is 15.1 Å². The topological polar surface area (TPSA) is 83.2 Å². The van der Waals surface area contributed by atoms with Gasteiger partial charge in [0, 0.05) is 17.8 Å². The van der Waals surface area contributed by atoms with Gasteiger partial charge in [-0.25, -0.2) is 9.78 Å². The fourth-order valence-corrected chi connectivity index (χ4v) is 1.69. The number of rotatable bonds is 5. The number of aliphatic carboxylic acids is 1. The van der Waals surface area contributed by atoms with Crippen LogP contribution in [0.4, 0.5) is 0 Å². The molecule has 5 nitrogen and oxygen atoms in total. The summed E-state index contributed by atoms with van der Waals surface area (Å²) < 4.78 is 5.61. The molecule has 0 spiro atoms. The molecule has 0 amide bonds. The quantitative estimate of drug-likeness (QED) is 0.851. The van der Waals surface area contributed by atoms with E-state index < -0.39 is 5.97 Å². The normalized spacial score (nSPS) is 10.2. The van der Waals surface area contributed by atoms with Gasteiger partial charge in [-0.3, -0.25) is 0 Å². The number of nitrogens with zero attached hydrogens (tertiary/aromatic N) is 2. The summed E-state index contributed by atoms with van der Waals surface area (Å²) in [5.41, 5.74) is 1.76. The van der Waals surface area contributed by atoms with Crippen LogP contribution in [0, 0.1) is 11.3 Å². The van der Waals surface area contributed by atoms with Gasteiger partial charge in [0.05, 0.1) is 0 Å². The molecule has 0 aliphatic heterocycles. The van der Waals surface area contributed by atoms with Gasteiger partial charge in [0.1, 0.15) is 24.1 Å². The van der Waals surface area contributed by atoms with Crippen molar-refractivity contribution in [1.29, 1.82) is 5.26 Å². The summed E-state index contributed by atoms with van der Waals surface area (Å²) in [5, 5.41) is 17.5. The van der Waals surface area contributed by atoms with Crippen molar-refractivity contribution in [2.75, 3.05) is 0 Å². The molecule has 1 heterocycles. The molecule has 0 bridgehead atoms. The zero-order valence-corrected chi connectivity index (χ0v) is 11.1. The summed E-state index contributed by atoms with van der Waals surface area (Å²) in [6.07, 6.45) is 4.10. The number of nitriles is 1. The van der Waals surface area contributed by atoms with E-state index in [2.05, 4.69) is 4.98 Å². The molecule has 104 valence electrons. The highest BCUT2D eigenvalue weighted by molar-refractivity contribution is 5.85. The molecule has 0 saturated carbocycles. The summed E-state index contributed by atoms with van der Waals surface area (Å²) in [6.45, 7) is 0.225. The second-order valence-corrected chi connectivity index (χ2v) is 4.16. The van der Waals surface area contributed by atoms with E-state index in [1.54, 1.807) is 42.6 Å². The van der Waals surface area contributed by atoms with Crippen LogP contribution in [0.5, 0.6) is 5.75 Å². The van der Waals surface area contributed by atoms with E-state index in [0.717, 1.165) is 11.6 Å². The Kier molecular flexibility index (Phi) is 4.67. The van der Waals surface area contributed by atoms with Crippen molar-refractivity contribution in [3.63, 3.8) is 0 Å². The van der Waals surface area contributed by atoms with Gasteiger partial charge < -0.3 is 9.84 Å². The average molecular weight is 280 g/mol. The smallest absolute Gasteiger partial charge is 0.328 e. The number of aromatic nitrogens is 1. The van der Waals surface area contributed by atoms with Crippen LogP contribution in [-0.4, -0.2) is 16.1 Å². The van der Waals surface area contributed by atoms with Gasteiger partial charge in [0.15, 0.2) is 0 Å². The lowest BCUT2D eigenvalue weighted by Crippen LogP contribution is -1.99. The fraction of sp³-hybridized carbons (Fsp3) is 0.0625. The lowest BCUT2D eigenvalue weighted by Gasteiger charge is -2.07. The first-order valence-corrected chi connectivity index (χ1v) is 6.17. The summed E-state index contributed by atoms with van der Waals surface area (Å²) in [6, 6.07) is 12.6. The van der Waals surface area contributed by atoms with Crippen LogP contribution in [0.15, 0.2) is 48.7 Å². The van der Waals surface area contributed by atoms with Gasteiger partial charge in [0.2, 0.25) is 0 Å². The maximum atomic E-state index is 10.5. The number of benzene rings is 1. The highest BCUT2D eigenvalue weighted by Gasteiger charge is 2.03. The maximum absolute atomic E-state index is 10.5. The molecule has 0 unspecified atom stereocenters. The standard InChI is InChI=1S/C16H12N2O3/c17-10-15-13(4-2-8-18-15)11-21-14-5-1-3-12(9-14)6-7-16(19)20/h1-9H,11H2,(H,19,20). The number of carbonyl (C=O) groups is 1. The van der Waals surface area contributed by atoms with Gasteiger partial charge in [-0.1, -0.05) is 18.2 Å². The molecule has 1 aromatic heterocycles. The monoisotopic (exact) mass is 280 g/mol. The summed E-state index contributed by atoms with van der Waals surface area (Å²) >= 11 is 0. The zero-order chi connectivity index (χ0) is 15.1. The van der Waals surface area contributed by atoms with Crippen LogP contribution in [0.2, 0.25) is 0 Å². The largest absolute Gasteiger partial charge is 0.489 e. The Balaban J connectivity index is 2.09. The van der Waals surface area contributed by atoms with Crippen molar-refractivity contribution in [3.05, 3.63) is 65.5 Å². The Morgan fingerprint density at radius 3 is 3.00 bits per heavy atom. The molecule has 0 radical (unpaired) electrons. The fourth-order valence-electron chi connectivity index (χ4n) is 1.69. The molecule has 21 heavy (non-hydrogen) atoms. The maximum Gasteiger partial charge on any atom is 0.328 e. The van der Waals surface area contributed by atoms with E-state index in [-0.39, 0.29) is 6.61 Å². The molecule has 1 N–H and O–H groups in total. The lowest BCUT2D eigenvalue weighted by molar-refractivity contribution is -0.131.